The van der Waals surface area contributed by atoms with Gasteiger partial charge in [0.1, 0.15) is 11.6 Å². The number of nitrogens with one attached hydrogen (secondary N) is 2. The second kappa shape index (κ2) is 9.35. The SMILES string of the molecule is COc1ccc(C(NC(=O)Cc2c(C)nc(-c3ccncc3)[nH]c2=O)C(C)C)cc1. The Morgan fingerprint density at radius 2 is 1.80 bits per heavy atom. The second-order valence-electron chi connectivity index (χ2n) is 7.45. The van der Waals surface area contributed by atoms with E-state index >= 15 is 0 Å². The number of amides is 1. The van der Waals surface area contributed by atoms with Crippen molar-refractivity contribution in [2.75, 3.05) is 7.11 Å². The van der Waals surface area contributed by atoms with Crippen LogP contribution in [0, 0.1) is 12.8 Å². The minimum atomic E-state index is -0.310. The van der Waals surface area contributed by atoms with Crippen molar-refractivity contribution in [2.24, 2.45) is 5.92 Å². The summed E-state index contributed by atoms with van der Waals surface area (Å²) >= 11 is 0. The number of hydrogen-bond acceptors (Lipinski definition) is 5. The molecular weight excluding hydrogens is 380 g/mol. The van der Waals surface area contributed by atoms with Gasteiger partial charge in [0.25, 0.3) is 5.56 Å². The molecular formula is C23H26N4O3. The third kappa shape index (κ3) is 4.92. The molecule has 2 N–H and O–H groups in total. The number of pyridine rings is 1. The van der Waals surface area contributed by atoms with E-state index in [0.29, 0.717) is 17.1 Å². The molecule has 3 rings (SSSR count). The van der Waals surface area contributed by atoms with Gasteiger partial charge in [-0.05, 0) is 42.7 Å². The van der Waals surface area contributed by atoms with E-state index in [4.69, 9.17) is 4.74 Å². The summed E-state index contributed by atoms with van der Waals surface area (Å²) in [4.78, 5) is 36.6. The first-order valence-electron chi connectivity index (χ1n) is 9.82. The van der Waals surface area contributed by atoms with Crippen molar-refractivity contribution in [1.82, 2.24) is 20.3 Å². The molecule has 1 unspecified atom stereocenters. The number of H-pyrrole nitrogens is 1. The highest BCUT2D eigenvalue weighted by Crippen LogP contribution is 2.24. The maximum absolute atomic E-state index is 12.8. The number of carbonyl (C=O) groups is 1. The summed E-state index contributed by atoms with van der Waals surface area (Å²) in [5.41, 5.74) is 2.33. The third-order valence-electron chi connectivity index (χ3n) is 4.97. The summed E-state index contributed by atoms with van der Waals surface area (Å²) in [5.74, 6) is 1.17. The first kappa shape index (κ1) is 21.2. The molecule has 0 saturated heterocycles. The lowest BCUT2D eigenvalue weighted by Gasteiger charge is -2.23. The van der Waals surface area contributed by atoms with Crippen molar-refractivity contribution in [2.45, 2.75) is 33.2 Å². The Balaban J connectivity index is 1.78. The van der Waals surface area contributed by atoms with Gasteiger partial charge >= 0.3 is 0 Å². The van der Waals surface area contributed by atoms with E-state index in [-0.39, 0.29) is 29.8 Å². The average Bonchev–Trinajstić information content (AvgIpc) is 2.75. The molecule has 0 spiro atoms. The third-order valence-corrected chi connectivity index (χ3v) is 4.97. The molecule has 0 fully saturated rings. The number of hydrogen-bond donors (Lipinski definition) is 2. The molecule has 0 radical (unpaired) electrons. The van der Waals surface area contributed by atoms with Gasteiger partial charge in [-0.3, -0.25) is 14.6 Å². The zero-order chi connectivity index (χ0) is 21.7. The van der Waals surface area contributed by atoms with Crippen molar-refractivity contribution in [3.8, 4) is 17.1 Å². The van der Waals surface area contributed by atoms with Crippen LogP contribution in [0.5, 0.6) is 5.75 Å². The largest absolute Gasteiger partial charge is 0.497 e. The van der Waals surface area contributed by atoms with Crippen molar-refractivity contribution in [3.05, 3.63) is 76.0 Å². The topological polar surface area (TPSA) is 97.0 Å². The summed E-state index contributed by atoms with van der Waals surface area (Å²) in [6.07, 6.45) is 3.23. The Kier molecular flexibility index (Phi) is 6.61. The second-order valence-corrected chi connectivity index (χ2v) is 7.45. The Labute approximate surface area is 175 Å². The predicted octanol–water partition coefficient (Wildman–Crippen LogP) is 3.20. The number of aromatic nitrogens is 3. The number of ether oxygens (including phenoxy) is 1. The maximum Gasteiger partial charge on any atom is 0.255 e. The maximum atomic E-state index is 12.8. The number of benzene rings is 1. The molecule has 0 aliphatic carbocycles. The van der Waals surface area contributed by atoms with E-state index in [1.165, 1.54) is 0 Å². The Hall–Kier alpha value is -3.48. The molecule has 0 saturated carbocycles. The first-order chi connectivity index (χ1) is 14.4. The van der Waals surface area contributed by atoms with E-state index in [0.717, 1.165) is 16.9 Å². The van der Waals surface area contributed by atoms with E-state index < -0.39 is 0 Å². The van der Waals surface area contributed by atoms with Crippen molar-refractivity contribution in [1.29, 1.82) is 0 Å². The standard InChI is InChI=1S/C23H26N4O3/c1-14(2)21(16-5-7-18(30-4)8-6-16)26-20(28)13-19-15(3)25-22(27-23(19)29)17-9-11-24-12-10-17/h5-12,14,21H,13H2,1-4H3,(H,26,28)(H,25,27,29). The Morgan fingerprint density at radius 1 is 1.13 bits per heavy atom. The van der Waals surface area contributed by atoms with Gasteiger partial charge in [-0.2, -0.15) is 0 Å². The highest BCUT2D eigenvalue weighted by atomic mass is 16.5. The van der Waals surface area contributed by atoms with E-state index in [9.17, 15) is 9.59 Å². The van der Waals surface area contributed by atoms with Crippen molar-refractivity contribution < 1.29 is 9.53 Å². The van der Waals surface area contributed by atoms with Crippen molar-refractivity contribution in [3.63, 3.8) is 0 Å². The van der Waals surface area contributed by atoms with Crippen LogP contribution in [-0.2, 0) is 11.2 Å². The highest BCUT2D eigenvalue weighted by molar-refractivity contribution is 5.79. The van der Waals surface area contributed by atoms with Gasteiger partial charge in [0, 0.05) is 29.2 Å². The molecule has 30 heavy (non-hydrogen) atoms. The number of methoxy groups -OCH3 is 1. The quantitative estimate of drug-likeness (QED) is 0.628. The van der Waals surface area contributed by atoms with Crippen LogP contribution >= 0.6 is 0 Å². The molecule has 0 aliphatic heterocycles. The van der Waals surface area contributed by atoms with E-state index in [1.54, 1.807) is 38.6 Å². The van der Waals surface area contributed by atoms with Crippen LogP contribution in [-0.4, -0.2) is 28.0 Å². The van der Waals surface area contributed by atoms with Gasteiger partial charge in [-0.25, -0.2) is 4.98 Å². The normalized spacial score (nSPS) is 11.9. The number of rotatable bonds is 7. The van der Waals surface area contributed by atoms with Gasteiger partial charge in [0.05, 0.1) is 19.6 Å². The Bertz CT molecular complexity index is 1060. The van der Waals surface area contributed by atoms with Crippen LogP contribution in [0.2, 0.25) is 0 Å². The van der Waals surface area contributed by atoms with Gasteiger partial charge in [-0.15, -0.1) is 0 Å². The smallest absolute Gasteiger partial charge is 0.255 e. The molecule has 0 bridgehead atoms. The fourth-order valence-corrected chi connectivity index (χ4v) is 3.30. The lowest BCUT2D eigenvalue weighted by atomic mass is 9.95. The molecule has 0 aliphatic rings. The van der Waals surface area contributed by atoms with Gasteiger partial charge in [-0.1, -0.05) is 26.0 Å². The minimum Gasteiger partial charge on any atom is -0.497 e. The minimum absolute atomic E-state index is 0.0375. The average molecular weight is 406 g/mol. The Morgan fingerprint density at radius 3 is 2.37 bits per heavy atom. The summed E-state index contributed by atoms with van der Waals surface area (Å²) in [6.45, 7) is 5.82. The molecule has 1 atom stereocenters. The molecule has 1 aromatic carbocycles. The van der Waals surface area contributed by atoms with E-state index in [2.05, 4.69) is 20.3 Å². The molecule has 2 aromatic heterocycles. The number of carbonyl (C=O) groups excluding carboxylic acids is 1. The zero-order valence-corrected chi connectivity index (χ0v) is 17.6. The van der Waals surface area contributed by atoms with Crippen LogP contribution in [0.3, 0.4) is 0 Å². The molecule has 156 valence electrons. The number of nitrogens with zero attached hydrogens (tertiary/aromatic N) is 2. The number of aryl methyl sites for hydroxylation is 1. The summed E-state index contributed by atoms with van der Waals surface area (Å²) in [6, 6.07) is 11.0. The van der Waals surface area contributed by atoms with Gasteiger partial charge < -0.3 is 15.0 Å². The fourth-order valence-electron chi connectivity index (χ4n) is 3.30. The van der Waals surface area contributed by atoms with Crippen LogP contribution in [0.1, 0.15) is 36.7 Å². The van der Waals surface area contributed by atoms with E-state index in [1.807, 2.05) is 38.1 Å². The predicted molar refractivity (Wildman–Crippen MR) is 115 cm³/mol. The lowest BCUT2D eigenvalue weighted by molar-refractivity contribution is -0.121. The van der Waals surface area contributed by atoms with Crippen LogP contribution in [0.15, 0.2) is 53.6 Å². The molecule has 1 amide bonds. The molecule has 7 nitrogen and oxygen atoms in total. The zero-order valence-electron chi connectivity index (χ0n) is 17.6. The monoisotopic (exact) mass is 406 g/mol. The summed E-state index contributed by atoms with van der Waals surface area (Å²) < 4.78 is 5.20. The summed E-state index contributed by atoms with van der Waals surface area (Å²) in [5, 5.41) is 3.05. The van der Waals surface area contributed by atoms with Crippen LogP contribution in [0.25, 0.3) is 11.4 Å². The van der Waals surface area contributed by atoms with Crippen molar-refractivity contribution >= 4 is 5.91 Å². The lowest BCUT2D eigenvalue weighted by Crippen LogP contribution is -2.34. The number of aromatic amines is 1. The summed E-state index contributed by atoms with van der Waals surface area (Å²) in [7, 11) is 1.62. The van der Waals surface area contributed by atoms with Gasteiger partial charge in [0.2, 0.25) is 5.91 Å². The van der Waals surface area contributed by atoms with Crippen LogP contribution < -0.4 is 15.6 Å². The fraction of sp³-hybridized carbons (Fsp3) is 0.304. The highest BCUT2D eigenvalue weighted by Gasteiger charge is 2.20. The van der Waals surface area contributed by atoms with Gasteiger partial charge in [0.15, 0.2) is 0 Å². The van der Waals surface area contributed by atoms with Crippen LogP contribution in [0.4, 0.5) is 0 Å². The molecule has 7 heteroatoms. The molecule has 3 aromatic rings. The first-order valence-corrected chi connectivity index (χ1v) is 9.82. The molecule has 2 heterocycles.